The summed E-state index contributed by atoms with van der Waals surface area (Å²) in [6.07, 6.45) is 0.812. The number of carbonyl (C=O) groups is 1. The number of nitrogens with zero attached hydrogens (tertiary/aromatic N) is 1. The van der Waals surface area contributed by atoms with Gasteiger partial charge in [-0.2, -0.15) is 0 Å². The van der Waals surface area contributed by atoms with Crippen molar-refractivity contribution < 1.29 is 19.2 Å². The van der Waals surface area contributed by atoms with Crippen molar-refractivity contribution in [3.8, 4) is 11.5 Å². The highest BCUT2D eigenvalue weighted by molar-refractivity contribution is 5.98. The maximum atomic E-state index is 12.7. The van der Waals surface area contributed by atoms with E-state index >= 15 is 0 Å². The average molecular weight is 370 g/mol. The number of para-hydroxylation sites is 1. The second kappa shape index (κ2) is 8.07. The van der Waals surface area contributed by atoms with Crippen LogP contribution in [0.15, 0.2) is 42.5 Å². The first-order valence-electron chi connectivity index (χ1n) is 8.91. The molecule has 7 nitrogen and oxygen atoms in total. The summed E-state index contributed by atoms with van der Waals surface area (Å²) in [6.45, 7) is 5.14. The highest BCUT2D eigenvalue weighted by Gasteiger charge is 2.25. The Kier molecular flexibility index (Phi) is 5.59. The lowest BCUT2D eigenvalue weighted by Crippen LogP contribution is -2.32. The predicted octanol–water partition coefficient (Wildman–Crippen LogP) is 3.88. The standard InChI is InChI=1S/C20H22N2O5/c1-13(2)19(14-8-9-17-18(12-14)27-11-5-10-26-17)21-20(23)15-6-3-4-7-16(15)22(24)25/h3-4,6-9,12-13,19H,5,10-11H2,1-2H3,(H,21,23)/t19-/m0/s1. The Hall–Kier alpha value is -3.09. The largest absolute Gasteiger partial charge is 0.490 e. The number of benzene rings is 2. The van der Waals surface area contributed by atoms with E-state index in [1.807, 2.05) is 32.0 Å². The van der Waals surface area contributed by atoms with Gasteiger partial charge in [0.05, 0.1) is 24.2 Å². The summed E-state index contributed by atoms with van der Waals surface area (Å²) in [5.74, 6) is 0.925. The summed E-state index contributed by atoms with van der Waals surface area (Å²) in [7, 11) is 0. The number of nitro groups is 1. The minimum Gasteiger partial charge on any atom is -0.490 e. The smallest absolute Gasteiger partial charge is 0.282 e. The van der Waals surface area contributed by atoms with Crippen LogP contribution in [-0.2, 0) is 0 Å². The van der Waals surface area contributed by atoms with Gasteiger partial charge in [0.25, 0.3) is 11.6 Å². The van der Waals surface area contributed by atoms with Gasteiger partial charge in [-0.05, 0) is 29.7 Å². The van der Waals surface area contributed by atoms with Crippen LogP contribution in [-0.4, -0.2) is 24.0 Å². The number of hydrogen-bond acceptors (Lipinski definition) is 5. The molecule has 0 aromatic heterocycles. The zero-order valence-electron chi connectivity index (χ0n) is 15.3. The monoisotopic (exact) mass is 370 g/mol. The summed E-state index contributed by atoms with van der Waals surface area (Å²) in [4.78, 5) is 23.4. The molecule has 1 heterocycles. The van der Waals surface area contributed by atoms with Gasteiger partial charge in [-0.1, -0.05) is 32.0 Å². The molecule has 27 heavy (non-hydrogen) atoms. The molecule has 1 aliphatic rings. The number of nitrogens with one attached hydrogen (secondary N) is 1. The van der Waals surface area contributed by atoms with E-state index in [4.69, 9.17) is 9.47 Å². The van der Waals surface area contributed by atoms with E-state index in [9.17, 15) is 14.9 Å². The van der Waals surface area contributed by atoms with Crippen LogP contribution in [0.3, 0.4) is 0 Å². The van der Waals surface area contributed by atoms with Gasteiger partial charge < -0.3 is 14.8 Å². The van der Waals surface area contributed by atoms with Crippen LogP contribution in [0.5, 0.6) is 11.5 Å². The first-order chi connectivity index (χ1) is 13.0. The van der Waals surface area contributed by atoms with Crippen LogP contribution in [0, 0.1) is 16.0 Å². The van der Waals surface area contributed by atoms with Gasteiger partial charge in [0, 0.05) is 12.5 Å². The minimum absolute atomic E-state index is 0.0440. The van der Waals surface area contributed by atoms with Crippen LogP contribution in [0.1, 0.15) is 42.2 Å². The minimum atomic E-state index is -0.549. The van der Waals surface area contributed by atoms with E-state index in [1.165, 1.54) is 12.1 Å². The molecular weight excluding hydrogens is 348 g/mol. The molecule has 3 rings (SSSR count). The Bertz CT molecular complexity index is 850. The fraction of sp³-hybridized carbons (Fsp3) is 0.350. The summed E-state index contributed by atoms with van der Waals surface area (Å²) in [6, 6.07) is 11.2. The van der Waals surface area contributed by atoms with Crippen LogP contribution in [0.2, 0.25) is 0 Å². The van der Waals surface area contributed by atoms with Crippen molar-refractivity contribution in [1.29, 1.82) is 0 Å². The van der Waals surface area contributed by atoms with E-state index < -0.39 is 10.8 Å². The molecule has 1 N–H and O–H groups in total. The Labute approximate surface area is 157 Å². The van der Waals surface area contributed by atoms with Crippen molar-refractivity contribution in [3.05, 3.63) is 63.7 Å². The van der Waals surface area contributed by atoms with Gasteiger partial charge in [0.2, 0.25) is 0 Å². The third-order valence-corrected chi connectivity index (χ3v) is 4.43. The maximum absolute atomic E-state index is 12.7. The molecule has 0 aliphatic carbocycles. The van der Waals surface area contributed by atoms with Gasteiger partial charge >= 0.3 is 0 Å². The molecule has 0 fully saturated rings. The molecule has 0 saturated heterocycles. The zero-order valence-corrected chi connectivity index (χ0v) is 15.3. The van der Waals surface area contributed by atoms with Crippen molar-refractivity contribution in [3.63, 3.8) is 0 Å². The van der Waals surface area contributed by atoms with E-state index in [2.05, 4.69) is 5.32 Å². The van der Waals surface area contributed by atoms with Crippen molar-refractivity contribution >= 4 is 11.6 Å². The fourth-order valence-electron chi connectivity index (χ4n) is 3.05. The lowest BCUT2D eigenvalue weighted by Gasteiger charge is -2.24. The number of rotatable bonds is 5. The van der Waals surface area contributed by atoms with Crippen molar-refractivity contribution in [1.82, 2.24) is 5.32 Å². The van der Waals surface area contributed by atoms with Crippen molar-refractivity contribution in [2.24, 2.45) is 5.92 Å². The van der Waals surface area contributed by atoms with Gasteiger partial charge in [-0.3, -0.25) is 14.9 Å². The van der Waals surface area contributed by atoms with E-state index in [0.717, 1.165) is 12.0 Å². The van der Waals surface area contributed by atoms with E-state index in [1.54, 1.807) is 12.1 Å². The number of amides is 1. The Morgan fingerprint density at radius 2 is 1.81 bits per heavy atom. The molecule has 0 saturated carbocycles. The molecule has 2 aromatic rings. The Morgan fingerprint density at radius 3 is 2.52 bits per heavy atom. The molecule has 0 bridgehead atoms. The number of hydrogen-bond donors (Lipinski definition) is 1. The number of carbonyl (C=O) groups excluding carboxylic acids is 1. The van der Waals surface area contributed by atoms with Crippen LogP contribution in [0.4, 0.5) is 5.69 Å². The molecule has 2 aromatic carbocycles. The lowest BCUT2D eigenvalue weighted by atomic mass is 9.95. The molecule has 1 amide bonds. The number of ether oxygens (including phenoxy) is 2. The quantitative estimate of drug-likeness (QED) is 0.637. The Morgan fingerprint density at radius 1 is 1.11 bits per heavy atom. The normalized spacial score (nSPS) is 14.3. The van der Waals surface area contributed by atoms with Crippen molar-refractivity contribution in [2.45, 2.75) is 26.3 Å². The van der Waals surface area contributed by atoms with Crippen LogP contribution < -0.4 is 14.8 Å². The Balaban J connectivity index is 1.88. The van der Waals surface area contributed by atoms with Gasteiger partial charge in [-0.25, -0.2) is 0 Å². The van der Waals surface area contributed by atoms with Gasteiger partial charge in [-0.15, -0.1) is 0 Å². The number of nitro benzene ring substituents is 1. The first-order valence-corrected chi connectivity index (χ1v) is 8.91. The average Bonchev–Trinajstić information content (AvgIpc) is 2.90. The summed E-state index contributed by atoms with van der Waals surface area (Å²) < 4.78 is 11.4. The third kappa shape index (κ3) is 4.19. The first kappa shape index (κ1) is 18.7. The van der Waals surface area contributed by atoms with Gasteiger partial charge in [0.1, 0.15) is 5.56 Å². The predicted molar refractivity (Wildman–Crippen MR) is 100 cm³/mol. The lowest BCUT2D eigenvalue weighted by molar-refractivity contribution is -0.385. The van der Waals surface area contributed by atoms with Gasteiger partial charge in [0.15, 0.2) is 11.5 Å². The molecular formula is C20H22N2O5. The second-order valence-electron chi connectivity index (χ2n) is 6.73. The highest BCUT2D eigenvalue weighted by atomic mass is 16.6. The van der Waals surface area contributed by atoms with E-state index in [-0.39, 0.29) is 23.2 Å². The molecule has 142 valence electrons. The van der Waals surface area contributed by atoms with Crippen LogP contribution in [0.25, 0.3) is 0 Å². The fourth-order valence-corrected chi connectivity index (χ4v) is 3.05. The summed E-state index contributed by atoms with van der Waals surface area (Å²) >= 11 is 0. The molecule has 1 aliphatic heterocycles. The highest BCUT2D eigenvalue weighted by Crippen LogP contribution is 2.34. The third-order valence-electron chi connectivity index (χ3n) is 4.43. The molecule has 7 heteroatoms. The number of fused-ring (bicyclic) bond motifs is 1. The molecule has 1 atom stereocenters. The summed E-state index contributed by atoms with van der Waals surface area (Å²) in [5.41, 5.74) is 0.694. The van der Waals surface area contributed by atoms with Crippen molar-refractivity contribution in [2.75, 3.05) is 13.2 Å². The molecule has 0 radical (unpaired) electrons. The summed E-state index contributed by atoms with van der Waals surface area (Å²) in [5, 5.41) is 14.1. The van der Waals surface area contributed by atoms with E-state index in [0.29, 0.717) is 24.7 Å². The SMILES string of the molecule is CC(C)[C@H](NC(=O)c1ccccc1[N+](=O)[O-])c1ccc2c(c1)OCCCO2. The molecule has 0 unspecified atom stereocenters. The maximum Gasteiger partial charge on any atom is 0.282 e. The molecule has 0 spiro atoms. The zero-order chi connectivity index (χ0) is 19.4. The second-order valence-corrected chi connectivity index (χ2v) is 6.73. The van der Waals surface area contributed by atoms with Crippen LogP contribution >= 0.6 is 0 Å². The topological polar surface area (TPSA) is 90.7 Å².